The highest BCUT2D eigenvalue weighted by molar-refractivity contribution is 6.04. The van der Waals surface area contributed by atoms with Gasteiger partial charge in [-0.2, -0.15) is 0 Å². The molecule has 72 valence electrons. The van der Waals surface area contributed by atoms with E-state index in [1.807, 2.05) is 6.08 Å². The van der Waals surface area contributed by atoms with E-state index >= 15 is 0 Å². The Labute approximate surface area is 78.1 Å². The highest BCUT2D eigenvalue weighted by atomic mass is 16.6. The summed E-state index contributed by atoms with van der Waals surface area (Å²) in [7, 11) is 0. The second-order valence-corrected chi connectivity index (χ2v) is 2.99. The van der Waals surface area contributed by atoms with Crippen LogP contribution in [0, 0.1) is 5.92 Å². The van der Waals surface area contributed by atoms with Gasteiger partial charge < -0.3 is 4.74 Å². The maximum atomic E-state index is 9.92. The number of rotatable bonds is 2. The first kappa shape index (κ1) is 11.6. The van der Waals surface area contributed by atoms with Gasteiger partial charge in [-0.25, -0.2) is 9.59 Å². The normalized spacial score (nSPS) is 13.8. The predicted octanol–water partition coefficient (Wildman–Crippen LogP) is 1.84. The summed E-state index contributed by atoms with van der Waals surface area (Å²) < 4.78 is 3.97. The molecule has 0 bridgehead atoms. The van der Waals surface area contributed by atoms with Crippen LogP contribution >= 0.6 is 0 Å². The summed E-state index contributed by atoms with van der Waals surface area (Å²) in [5.41, 5.74) is 0. The zero-order valence-electron chi connectivity index (χ0n) is 7.95. The molecule has 0 aromatic carbocycles. The molecule has 0 aliphatic carbocycles. The minimum Gasteiger partial charge on any atom is -0.387 e. The van der Waals surface area contributed by atoms with Crippen LogP contribution in [0.4, 0.5) is 0 Å². The Morgan fingerprint density at radius 1 is 1.38 bits per heavy atom. The monoisotopic (exact) mass is 182 g/mol. The molecule has 0 N–H and O–H groups in total. The van der Waals surface area contributed by atoms with Crippen molar-refractivity contribution in [1.29, 1.82) is 0 Å². The number of hydrogen-bond donors (Lipinski definition) is 0. The quantitative estimate of drug-likeness (QED) is 0.372. The van der Waals surface area contributed by atoms with Crippen LogP contribution in [-0.4, -0.2) is 11.9 Å². The molecular weight excluding hydrogens is 168 g/mol. The van der Waals surface area contributed by atoms with E-state index in [9.17, 15) is 9.59 Å². The second kappa shape index (κ2) is 6.17. The molecule has 1 aliphatic heterocycles. The van der Waals surface area contributed by atoms with Gasteiger partial charge in [0.15, 0.2) is 0 Å². The minimum atomic E-state index is -0.579. The van der Waals surface area contributed by atoms with Crippen molar-refractivity contribution < 1.29 is 14.3 Å². The van der Waals surface area contributed by atoms with Crippen LogP contribution in [0.5, 0.6) is 0 Å². The number of cyclic esters (lactones) is 2. The molecule has 0 unspecified atom stereocenters. The first-order valence-electron chi connectivity index (χ1n) is 4.11. The number of esters is 2. The van der Waals surface area contributed by atoms with Gasteiger partial charge in [-0.3, -0.25) is 0 Å². The third-order valence-electron chi connectivity index (χ3n) is 1.19. The molecule has 3 heteroatoms. The van der Waals surface area contributed by atoms with Crippen LogP contribution in [0.1, 0.15) is 20.3 Å². The van der Waals surface area contributed by atoms with Gasteiger partial charge in [-0.05, 0) is 12.3 Å². The van der Waals surface area contributed by atoms with Gasteiger partial charge >= 0.3 is 11.9 Å². The summed E-state index contributed by atoms with van der Waals surface area (Å²) in [6.45, 7) is 7.97. The van der Waals surface area contributed by atoms with Gasteiger partial charge in [-0.15, -0.1) is 6.58 Å². The van der Waals surface area contributed by atoms with Crippen LogP contribution in [0.15, 0.2) is 24.8 Å². The van der Waals surface area contributed by atoms with Crippen LogP contribution in [0.25, 0.3) is 0 Å². The summed E-state index contributed by atoms with van der Waals surface area (Å²) in [5.74, 6) is -0.377. The van der Waals surface area contributed by atoms with Crippen molar-refractivity contribution in [2.75, 3.05) is 0 Å². The van der Waals surface area contributed by atoms with Crippen LogP contribution in [-0.2, 0) is 14.3 Å². The van der Waals surface area contributed by atoms with Gasteiger partial charge in [0.05, 0.1) is 0 Å². The molecule has 1 aliphatic rings. The Kier molecular flexibility index (Phi) is 5.52. The van der Waals surface area contributed by atoms with E-state index in [0.29, 0.717) is 0 Å². The van der Waals surface area contributed by atoms with E-state index in [1.54, 1.807) is 0 Å². The number of carbonyl (C=O) groups excluding carboxylic acids is 2. The van der Waals surface area contributed by atoms with E-state index in [4.69, 9.17) is 0 Å². The summed E-state index contributed by atoms with van der Waals surface area (Å²) >= 11 is 0. The van der Waals surface area contributed by atoms with Gasteiger partial charge in [0.25, 0.3) is 0 Å². The van der Waals surface area contributed by atoms with Crippen molar-refractivity contribution in [1.82, 2.24) is 0 Å². The number of hydrogen-bond acceptors (Lipinski definition) is 3. The fraction of sp³-hybridized carbons (Fsp3) is 0.400. The highest BCUT2D eigenvalue weighted by Gasteiger charge is 2.10. The second-order valence-electron chi connectivity index (χ2n) is 2.99. The molecule has 0 spiro atoms. The Morgan fingerprint density at radius 3 is 1.92 bits per heavy atom. The molecule has 0 saturated carbocycles. The minimum absolute atomic E-state index is 0.579. The van der Waals surface area contributed by atoms with Gasteiger partial charge in [0, 0.05) is 12.2 Å². The van der Waals surface area contributed by atoms with E-state index in [2.05, 4.69) is 25.2 Å². The molecule has 0 fully saturated rings. The maximum Gasteiger partial charge on any atom is 0.338 e. The molecule has 0 amide bonds. The number of allylic oxidation sites excluding steroid dienone is 1. The Morgan fingerprint density at radius 2 is 1.85 bits per heavy atom. The molecule has 0 radical (unpaired) electrons. The highest BCUT2D eigenvalue weighted by Crippen LogP contribution is 1.96. The van der Waals surface area contributed by atoms with E-state index < -0.39 is 11.9 Å². The van der Waals surface area contributed by atoms with Crippen molar-refractivity contribution >= 4 is 11.9 Å². The third-order valence-corrected chi connectivity index (χ3v) is 1.19. The molecule has 0 aromatic rings. The largest absolute Gasteiger partial charge is 0.387 e. The number of carbonyl (C=O) groups is 2. The van der Waals surface area contributed by atoms with E-state index in [-0.39, 0.29) is 0 Å². The fourth-order valence-corrected chi connectivity index (χ4v) is 0.637. The van der Waals surface area contributed by atoms with Crippen molar-refractivity contribution in [2.45, 2.75) is 20.3 Å². The zero-order chi connectivity index (χ0) is 10.3. The zero-order valence-corrected chi connectivity index (χ0v) is 7.95. The summed E-state index contributed by atoms with van der Waals surface area (Å²) in [6.07, 6.45) is 5.26. The Balaban J connectivity index is 0.000000226. The lowest BCUT2D eigenvalue weighted by Crippen LogP contribution is -1.96. The van der Waals surface area contributed by atoms with E-state index in [0.717, 1.165) is 24.5 Å². The molecule has 1 rings (SSSR count). The molecule has 0 aromatic heterocycles. The standard InChI is InChI=1S/C6H12.C4H2O3/c1-4-5-6(2)3;5-3-1-2-4(6)7-3/h4,6H,1,5H2,2-3H3;1-2H. The van der Waals surface area contributed by atoms with Crippen LogP contribution < -0.4 is 0 Å². The molecule has 3 nitrogen and oxygen atoms in total. The van der Waals surface area contributed by atoms with Gasteiger partial charge in [0.2, 0.25) is 0 Å². The first-order chi connectivity index (χ1) is 6.06. The average molecular weight is 182 g/mol. The average Bonchev–Trinajstić information content (AvgIpc) is 2.35. The van der Waals surface area contributed by atoms with Gasteiger partial charge in [0.1, 0.15) is 0 Å². The Bertz CT molecular complexity index is 210. The Hall–Kier alpha value is -1.38. The SMILES string of the molecule is C=CCC(C)C.O=C1C=CC(=O)O1. The summed E-state index contributed by atoms with van der Waals surface area (Å²) in [5, 5.41) is 0. The fourth-order valence-electron chi connectivity index (χ4n) is 0.637. The first-order valence-corrected chi connectivity index (χ1v) is 4.11. The number of ether oxygens (including phenoxy) is 1. The lowest BCUT2D eigenvalue weighted by molar-refractivity contribution is -0.150. The van der Waals surface area contributed by atoms with Crippen LogP contribution in [0.2, 0.25) is 0 Å². The maximum absolute atomic E-state index is 9.92. The molecule has 1 heterocycles. The lowest BCUT2D eigenvalue weighted by atomic mass is 10.1. The lowest BCUT2D eigenvalue weighted by Gasteiger charge is -1.92. The van der Waals surface area contributed by atoms with Gasteiger partial charge in [-0.1, -0.05) is 19.9 Å². The summed E-state index contributed by atoms with van der Waals surface area (Å²) in [4.78, 5) is 19.8. The third kappa shape index (κ3) is 7.00. The molecule has 13 heavy (non-hydrogen) atoms. The van der Waals surface area contributed by atoms with Crippen molar-refractivity contribution in [3.8, 4) is 0 Å². The van der Waals surface area contributed by atoms with Crippen molar-refractivity contribution in [3.05, 3.63) is 24.8 Å². The van der Waals surface area contributed by atoms with Crippen molar-refractivity contribution in [3.63, 3.8) is 0 Å². The topological polar surface area (TPSA) is 43.4 Å². The molecular formula is C10H14O3. The van der Waals surface area contributed by atoms with E-state index in [1.165, 1.54) is 0 Å². The summed E-state index contributed by atoms with van der Waals surface area (Å²) in [6, 6.07) is 0. The van der Waals surface area contributed by atoms with Crippen molar-refractivity contribution in [2.24, 2.45) is 5.92 Å². The van der Waals surface area contributed by atoms with Crippen LogP contribution in [0.3, 0.4) is 0 Å². The smallest absolute Gasteiger partial charge is 0.338 e. The molecule has 0 saturated heterocycles. The predicted molar refractivity (Wildman–Crippen MR) is 49.9 cm³/mol. The molecule has 0 atom stereocenters.